The van der Waals surface area contributed by atoms with Gasteiger partial charge in [-0.05, 0) is 49.6 Å². The number of amides is 2. The van der Waals surface area contributed by atoms with Gasteiger partial charge in [0.1, 0.15) is 18.4 Å². The lowest BCUT2D eigenvalue weighted by Gasteiger charge is -2.36. The minimum atomic E-state index is -0.910. The molecular weight excluding hydrogens is 496 g/mol. The van der Waals surface area contributed by atoms with E-state index in [-0.39, 0.29) is 31.0 Å². The number of hydrogen-bond donors (Lipinski definition) is 1. The molecule has 3 aromatic rings. The molecule has 1 aliphatic heterocycles. The number of hydrogen-bond acceptors (Lipinski definition) is 6. The average molecular weight is 533 g/mol. The third-order valence-corrected chi connectivity index (χ3v) is 7.41. The minimum Gasteiger partial charge on any atom is -0.497 e. The Kier molecular flexibility index (Phi) is 8.05. The molecule has 0 radical (unpaired) electrons. The molecule has 39 heavy (non-hydrogen) atoms. The summed E-state index contributed by atoms with van der Waals surface area (Å²) in [6, 6.07) is 14.0. The first-order valence-corrected chi connectivity index (χ1v) is 13.6. The van der Waals surface area contributed by atoms with Gasteiger partial charge in [0, 0.05) is 31.4 Å². The van der Waals surface area contributed by atoms with E-state index in [1.807, 2.05) is 62.6 Å². The van der Waals surface area contributed by atoms with E-state index in [4.69, 9.17) is 14.2 Å². The number of ether oxygens (including phenoxy) is 3. The molecule has 2 atom stereocenters. The Bertz CT molecular complexity index is 1320. The van der Waals surface area contributed by atoms with Crippen molar-refractivity contribution in [3.8, 4) is 17.2 Å². The number of carbonyl (C=O) groups is 2. The fraction of sp³-hybridized carbons (Fsp3) is 0.433. The second-order valence-corrected chi connectivity index (χ2v) is 10.3. The maximum atomic E-state index is 14.3. The molecule has 0 spiro atoms. The zero-order chi connectivity index (χ0) is 27.4. The third-order valence-electron chi connectivity index (χ3n) is 7.41. The van der Waals surface area contributed by atoms with Gasteiger partial charge in [0.15, 0.2) is 11.5 Å². The van der Waals surface area contributed by atoms with Crippen molar-refractivity contribution in [2.45, 2.75) is 63.8 Å². The molecule has 206 valence electrons. The van der Waals surface area contributed by atoms with Crippen molar-refractivity contribution in [3.63, 3.8) is 0 Å². The number of nitrogens with one attached hydrogen (secondary N) is 1. The van der Waals surface area contributed by atoms with E-state index < -0.39 is 12.1 Å². The Balaban J connectivity index is 1.52. The van der Waals surface area contributed by atoms with Crippen molar-refractivity contribution in [3.05, 3.63) is 71.5 Å². The maximum absolute atomic E-state index is 14.3. The Morgan fingerprint density at radius 1 is 1.13 bits per heavy atom. The highest BCUT2D eigenvalue weighted by atomic mass is 16.6. The molecule has 2 amide bonds. The van der Waals surface area contributed by atoms with Gasteiger partial charge in [-0.3, -0.25) is 14.3 Å². The summed E-state index contributed by atoms with van der Waals surface area (Å²) in [5.74, 6) is 1.22. The molecule has 2 heterocycles. The molecule has 0 unspecified atom stereocenters. The third kappa shape index (κ3) is 6.02. The summed E-state index contributed by atoms with van der Waals surface area (Å²) in [6.07, 6.45) is 6.13. The average Bonchev–Trinajstić information content (AvgIpc) is 3.29. The van der Waals surface area contributed by atoms with E-state index in [9.17, 15) is 9.59 Å². The summed E-state index contributed by atoms with van der Waals surface area (Å²) < 4.78 is 19.1. The smallest absolute Gasteiger partial charge is 0.268 e. The van der Waals surface area contributed by atoms with Crippen LogP contribution < -0.4 is 19.5 Å². The normalized spacial score (nSPS) is 17.8. The molecule has 1 aromatic heterocycles. The van der Waals surface area contributed by atoms with Crippen molar-refractivity contribution >= 4 is 11.8 Å². The Morgan fingerprint density at radius 2 is 1.90 bits per heavy atom. The Hall–Kier alpha value is -4.01. The monoisotopic (exact) mass is 532 g/mol. The van der Waals surface area contributed by atoms with Gasteiger partial charge in [-0.1, -0.05) is 43.5 Å². The van der Waals surface area contributed by atoms with Crippen LogP contribution in [0.2, 0.25) is 0 Å². The van der Waals surface area contributed by atoms with Gasteiger partial charge in [-0.25, -0.2) is 0 Å². The van der Waals surface area contributed by atoms with Crippen LogP contribution in [0.3, 0.4) is 0 Å². The molecule has 9 nitrogen and oxygen atoms in total. The largest absolute Gasteiger partial charge is 0.497 e. The summed E-state index contributed by atoms with van der Waals surface area (Å²) in [5, 5.41) is 7.75. The van der Waals surface area contributed by atoms with Crippen LogP contribution in [0.5, 0.6) is 17.2 Å². The molecule has 0 saturated heterocycles. The number of nitrogens with zero attached hydrogens (tertiary/aromatic N) is 3. The molecule has 1 aliphatic carbocycles. The van der Waals surface area contributed by atoms with Crippen LogP contribution in [0.25, 0.3) is 0 Å². The summed E-state index contributed by atoms with van der Waals surface area (Å²) >= 11 is 0. The summed E-state index contributed by atoms with van der Waals surface area (Å²) in [6.45, 7) is 2.09. The van der Waals surface area contributed by atoms with Crippen molar-refractivity contribution in [1.29, 1.82) is 0 Å². The molecule has 5 rings (SSSR count). The van der Waals surface area contributed by atoms with Gasteiger partial charge < -0.3 is 24.4 Å². The maximum Gasteiger partial charge on any atom is 0.268 e. The number of fused-ring (bicyclic) bond motifs is 1. The van der Waals surface area contributed by atoms with Gasteiger partial charge in [0.2, 0.25) is 12.0 Å². The highest BCUT2D eigenvalue weighted by Gasteiger charge is 2.40. The van der Waals surface area contributed by atoms with Crippen LogP contribution in [0.1, 0.15) is 55.0 Å². The first kappa shape index (κ1) is 26.6. The lowest BCUT2D eigenvalue weighted by Crippen LogP contribution is -2.52. The predicted molar refractivity (Wildman–Crippen MR) is 146 cm³/mol. The first-order chi connectivity index (χ1) is 18.9. The van der Waals surface area contributed by atoms with E-state index in [1.165, 1.54) is 6.42 Å². The van der Waals surface area contributed by atoms with Gasteiger partial charge in [-0.2, -0.15) is 5.10 Å². The second kappa shape index (κ2) is 11.8. The van der Waals surface area contributed by atoms with Gasteiger partial charge >= 0.3 is 0 Å². The van der Waals surface area contributed by atoms with Gasteiger partial charge in [0.05, 0.1) is 12.8 Å². The molecule has 1 N–H and O–H groups in total. The van der Waals surface area contributed by atoms with Crippen molar-refractivity contribution < 1.29 is 23.8 Å². The number of aryl methyl sites for hydroxylation is 2. The van der Waals surface area contributed by atoms with Crippen LogP contribution in [0.4, 0.5) is 0 Å². The van der Waals surface area contributed by atoms with Crippen LogP contribution >= 0.6 is 0 Å². The van der Waals surface area contributed by atoms with Crippen LogP contribution in [-0.4, -0.2) is 52.4 Å². The Labute approximate surface area is 229 Å². The number of benzene rings is 2. The summed E-state index contributed by atoms with van der Waals surface area (Å²) in [5.41, 5.74) is 2.20. The zero-order valence-electron chi connectivity index (χ0n) is 22.8. The van der Waals surface area contributed by atoms with E-state index in [2.05, 4.69) is 10.4 Å². The summed E-state index contributed by atoms with van der Waals surface area (Å²) in [7, 11) is 3.42. The van der Waals surface area contributed by atoms with E-state index in [0.717, 1.165) is 31.2 Å². The van der Waals surface area contributed by atoms with Crippen LogP contribution in [0, 0.1) is 6.92 Å². The number of carbonyl (C=O) groups excluding carboxylic acids is 2. The molecular formula is C30H36N4O5. The number of methoxy groups -OCH3 is 1. The number of rotatable bonds is 8. The summed E-state index contributed by atoms with van der Waals surface area (Å²) in [4.78, 5) is 30.0. The standard InChI is InChI=1S/C30H36N4O5/c1-20-24(18-33(2)32-20)28(29(35)31-22-11-5-4-6-12-22)34(17-21-10-9-13-23(16-21)37-3)30(36)27-19-38-25-14-7-8-15-26(25)39-27/h7-10,13-16,18,22,27-28H,4-6,11-12,17,19H2,1-3H3,(H,31,35)/t27-,28-/m0/s1. The quantitative estimate of drug-likeness (QED) is 0.470. The highest BCUT2D eigenvalue weighted by Crippen LogP contribution is 2.34. The molecule has 1 fully saturated rings. The lowest BCUT2D eigenvalue weighted by atomic mass is 9.94. The van der Waals surface area contributed by atoms with Crippen molar-refractivity contribution in [2.24, 2.45) is 7.05 Å². The zero-order valence-corrected chi connectivity index (χ0v) is 22.8. The fourth-order valence-corrected chi connectivity index (χ4v) is 5.45. The number of para-hydroxylation sites is 2. The van der Waals surface area contributed by atoms with Gasteiger partial charge in [-0.15, -0.1) is 0 Å². The second-order valence-electron chi connectivity index (χ2n) is 10.3. The van der Waals surface area contributed by atoms with Gasteiger partial charge in [0.25, 0.3) is 5.91 Å². The molecule has 0 bridgehead atoms. The molecule has 1 saturated carbocycles. The molecule has 2 aliphatic rings. The topological polar surface area (TPSA) is 94.9 Å². The van der Waals surface area contributed by atoms with E-state index in [1.54, 1.807) is 22.8 Å². The van der Waals surface area contributed by atoms with Crippen LogP contribution in [0.15, 0.2) is 54.7 Å². The molecule has 2 aromatic carbocycles. The van der Waals surface area contributed by atoms with Crippen LogP contribution in [-0.2, 0) is 23.2 Å². The first-order valence-electron chi connectivity index (χ1n) is 13.6. The fourth-order valence-electron chi connectivity index (χ4n) is 5.45. The molecule has 9 heteroatoms. The predicted octanol–water partition coefficient (Wildman–Crippen LogP) is 4.10. The number of aromatic nitrogens is 2. The van der Waals surface area contributed by atoms with Crippen molar-refractivity contribution in [2.75, 3.05) is 13.7 Å². The van der Waals surface area contributed by atoms with Crippen molar-refractivity contribution in [1.82, 2.24) is 20.0 Å². The van der Waals surface area contributed by atoms with E-state index in [0.29, 0.717) is 28.5 Å². The minimum absolute atomic E-state index is 0.0491. The highest BCUT2D eigenvalue weighted by molar-refractivity contribution is 5.91. The van der Waals surface area contributed by atoms with E-state index >= 15 is 0 Å². The Morgan fingerprint density at radius 3 is 2.62 bits per heavy atom. The SMILES string of the molecule is COc1cccc(CN(C(=O)[C@@H]2COc3ccccc3O2)[C@H](C(=O)NC2CCCCC2)c2cn(C)nc2C)c1. The lowest BCUT2D eigenvalue weighted by molar-refractivity contribution is -0.149.